The van der Waals surface area contributed by atoms with E-state index in [1.807, 2.05) is 6.92 Å². The number of hydrogen-bond acceptors (Lipinski definition) is 3. The van der Waals surface area contributed by atoms with Crippen LogP contribution in [0.5, 0.6) is 5.88 Å². The van der Waals surface area contributed by atoms with Crippen LogP contribution >= 0.6 is 0 Å². The molecule has 0 aliphatic carbocycles. The minimum atomic E-state index is 0.549. The molecule has 0 fully saturated rings. The summed E-state index contributed by atoms with van der Waals surface area (Å²) in [6.07, 6.45) is 2.80. The molecule has 0 saturated heterocycles. The van der Waals surface area contributed by atoms with Gasteiger partial charge in [0.25, 0.3) is 5.88 Å². The highest BCUT2D eigenvalue weighted by atomic mass is 16.5. The first-order chi connectivity index (χ1) is 3.93. The van der Waals surface area contributed by atoms with Gasteiger partial charge in [-0.1, -0.05) is 0 Å². The molecule has 0 unspecified atom stereocenters. The standard InChI is InChI=1S/C5H7NO2/c1-2-8-5-3-7-4-6-5/h3-4H,2H2,1H3. The zero-order valence-corrected chi connectivity index (χ0v) is 4.63. The van der Waals surface area contributed by atoms with Gasteiger partial charge in [-0.15, -0.1) is 0 Å². The van der Waals surface area contributed by atoms with Crippen LogP contribution in [-0.4, -0.2) is 11.6 Å². The van der Waals surface area contributed by atoms with Gasteiger partial charge in [-0.25, -0.2) is 0 Å². The predicted molar refractivity (Wildman–Crippen MR) is 27.7 cm³/mol. The van der Waals surface area contributed by atoms with E-state index >= 15 is 0 Å². The van der Waals surface area contributed by atoms with E-state index < -0.39 is 0 Å². The average Bonchev–Trinajstić information content (AvgIpc) is 2.19. The Labute approximate surface area is 47.3 Å². The van der Waals surface area contributed by atoms with Crippen LogP contribution in [0.25, 0.3) is 0 Å². The SMILES string of the molecule is CCOc1cocn1. The number of hydrogen-bond donors (Lipinski definition) is 0. The molecule has 3 heteroatoms. The zero-order chi connectivity index (χ0) is 5.82. The Morgan fingerprint density at radius 2 is 2.75 bits per heavy atom. The minimum Gasteiger partial charge on any atom is -0.476 e. The van der Waals surface area contributed by atoms with Gasteiger partial charge in [-0.2, -0.15) is 4.98 Å². The Hall–Kier alpha value is -0.990. The van der Waals surface area contributed by atoms with Gasteiger partial charge in [0, 0.05) is 0 Å². The third kappa shape index (κ3) is 0.992. The summed E-state index contributed by atoms with van der Waals surface area (Å²) in [7, 11) is 0. The van der Waals surface area contributed by atoms with E-state index in [9.17, 15) is 0 Å². The van der Waals surface area contributed by atoms with Crippen LogP contribution in [0.2, 0.25) is 0 Å². The quantitative estimate of drug-likeness (QED) is 0.575. The van der Waals surface area contributed by atoms with Crippen LogP contribution in [0.15, 0.2) is 17.1 Å². The van der Waals surface area contributed by atoms with Gasteiger partial charge >= 0.3 is 0 Å². The maximum Gasteiger partial charge on any atom is 0.252 e. The van der Waals surface area contributed by atoms with E-state index in [2.05, 4.69) is 9.40 Å². The first-order valence-electron chi connectivity index (χ1n) is 2.44. The van der Waals surface area contributed by atoms with Crippen molar-refractivity contribution in [2.45, 2.75) is 6.92 Å². The number of nitrogens with zero attached hydrogens (tertiary/aromatic N) is 1. The van der Waals surface area contributed by atoms with Crippen molar-refractivity contribution in [1.29, 1.82) is 0 Å². The summed E-state index contributed by atoms with van der Waals surface area (Å²) in [6.45, 7) is 2.53. The molecule has 3 nitrogen and oxygen atoms in total. The topological polar surface area (TPSA) is 35.3 Å². The minimum absolute atomic E-state index is 0.549. The lowest BCUT2D eigenvalue weighted by Gasteiger charge is -1.91. The molecule has 1 rings (SSSR count). The first-order valence-corrected chi connectivity index (χ1v) is 2.44. The van der Waals surface area contributed by atoms with E-state index in [0.717, 1.165) is 0 Å². The third-order valence-electron chi connectivity index (χ3n) is 0.702. The number of rotatable bonds is 2. The number of ether oxygens (including phenoxy) is 1. The summed E-state index contributed by atoms with van der Waals surface area (Å²) in [5.41, 5.74) is 0. The van der Waals surface area contributed by atoms with Crippen molar-refractivity contribution in [3.63, 3.8) is 0 Å². The van der Waals surface area contributed by atoms with E-state index in [1.165, 1.54) is 12.7 Å². The Balaban J connectivity index is 2.50. The molecule has 1 aromatic heterocycles. The van der Waals surface area contributed by atoms with Crippen molar-refractivity contribution >= 4 is 0 Å². The summed E-state index contributed by atoms with van der Waals surface area (Å²) in [5.74, 6) is 0.549. The lowest BCUT2D eigenvalue weighted by molar-refractivity contribution is 0.325. The Kier molecular flexibility index (Phi) is 1.51. The number of aromatic nitrogens is 1. The Morgan fingerprint density at radius 1 is 1.88 bits per heavy atom. The lowest BCUT2D eigenvalue weighted by atomic mass is 10.8. The molecule has 0 bridgehead atoms. The smallest absolute Gasteiger partial charge is 0.252 e. The molecule has 0 aliphatic rings. The van der Waals surface area contributed by atoms with Crippen molar-refractivity contribution < 1.29 is 9.15 Å². The molecule has 8 heavy (non-hydrogen) atoms. The van der Waals surface area contributed by atoms with Crippen LogP contribution in [0.1, 0.15) is 6.92 Å². The van der Waals surface area contributed by atoms with Crippen molar-refractivity contribution in [2.24, 2.45) is 0 Å². The second-order valence-electron chi connectivity index (χ2n) is 1.26. The summed E-state index contributed by atoms with van der Waals surface area (Å²) in [6, 6.07) is 0. The van der Waals surface area contributed by atoms with Gasteiger partial charge in [0.1, 0.15) is 0 Å². The molecule has 0 radical (unpaired) electrons. The molecule has 0 N–H and O–H groups in total. The highest BCUT2D eigenvalue weighted by Gasteiger charge is 1.89. The third-order valence-corrected chi connectivity index (χ3v) is 0.702. The molecule has 44 valence electrons. The maximum atomic E-state index is 4.94. The van der Waals surface area contributed by atoms with Crippen LogP contribution in [-0.2, 0) is 0 Å². The van der Waals surface area contributed by atoms with Crippen LogP contribution in [0.4, 0.5) is 0 Å². The fourth-order valence-electron chi connectivity index (χ4n) is 0.421. The molecule has 1 heterocycles. The molecule has 0 aromatic carbocycles. The second kappa shape index (κ2) is 2.35. The lowest BCUT2D eigenvalue weighted by Crippen LogP contribution is -1.89. The van der Waals surface area contributed by atoms with E-state index in [4.69, 9.17) is 4.74 Å². The van der Waals surface area contributed by atoms with Gasteiger partial charge in [-0.3, -0.25) is 0 Å². The van der Waals surface area contributed by atoms with Gasteiger partial charge in [0.2, 0.25) is 0 Å². The maximum absolute atomic E-state index is 4.94. The average molecular weight is 113 g/mol. The molecule has 0 atom stereocenters. The van der Waals surface area contributed by atoms with E-state index in [-0.39, 0.29) is 0 Å². The first kappa shape index (κ1) is 5.15. The number of oxazole rings is 1. The normalized spacial score (nSPS) is 9.12. The van der Waals surface area contributed by atoms with Crippen molar-refractivity contribution in [2.75, 3.05) is 6.61 Å². The van der Waals surface area contributed by atoms with Crippen LogP contribution < -0.4 is 4.74 Å². The summed E-state index contributed by atoms with van der Waals surface area (Å²) >= 11 is 0. The van der Waals surface area contributed by atoms with Crippen molar-refractivity contribution in [3.8, 4) is 5.88 Å². The molecular weight excluding hydrogens is 106 g/mol. The molecule has 1 aromatic rings. The molecular formula is C5H7NO2. The Bertz CT molecular complexity index is 136. The second-order valence-corrected chi connectivity index (χ2v) is 1.26. The largest absolute Gasteiger partial charge is 0.476 e. The Morgan fingerprint density at radius 3 is 3.25 bits per heavy atom. The van der Waals surface area contributed by atoms with Gasteiger partial charge < -0.3 is 9.15 Å². The van der Waals surface area contributed by atoms with Crippen LogP contribution in [0, 0.1) is 0 Å². The molecule has 0 aliphatic heterocycles. The molecule has 0 spiro atoms. The predicted octanol–water partition coefficient (Wildman–Crippen LogP) is 1.07. The van der Waals surface area contributed by atoms with Gasteiger partial charge in [-0.05, 0) is 6.92 Å². The van der Waals surface area contributed by atoms with Crippen molar-refractivity contribution in [3.05, 3.63) is 12.7 Å². The van der Waals surface area contributed by atoms with Crippen LogP contribution in [0.3, 0.4) is 0 Å². The van der Waals surface area contributed by atoms with E-state index in [1.54, 1.807) is 0 Å². The fourth-order valence-corrected chi connectivity index (χ4v) is 0.421. The summed E-state index contributed by atoms with van der Waals surface area (Å²) in [5, 5.41) is 0. The molecule has 0 saturated carbocycles. The molecule has 0 amide bonds. The highest BCUT2D eigenvalue weighted by molar-refractivity contribution is 4.97. The monoisotopic (exact) mass is 113 g/mol. The van der Waals surface area contributed by atoms with E-state index in [0.29, 0.717) is 12.5 Å². The summed E-state index contributed by atoms with van der Waals surface area (Å²) < 4.78 is 9.57. The fraction of sp³-hybridized carbons (Fsp3) is 0.400. The zero-order valence-electron chi connectivity index (χ0n) is 4.63. The van der Waals surface area contributed by atoms with Crippen molar-refractivity contribution in [1.82, 2.24) is 4.98 Å². The van der Waals surface area contributed by atoms with Gasteiger partial charge in [0.05, 0.1) is 6.61 Å². The van der Waals surface area contributed by atoms with Gasteiger partial charge in [0.15, 0.2) is 12.7 Å². The highest BCUT2D eigenvalue weighted by Crippen LogP contribution is 2.02. The summed E-state index contributed by atoms with van der Waals surface area (Å²) in [4.78, 5) is 3.72.